The highest BCUT2D eigenvalue weighted by molar-refractivity contribution is 4.76. The summed E-state index contributed by atoms with van der Waals surface area (Å²) in [6.07, 6.45) is 2.64. The first-order chi connectivity index (χ1) is 5.36. The normalized spacial score (nSPS) is 31.7. The molecule has 64 valence electrons. The van der Waals surface area contributed by atoms with Crippen LogP contribution in [0.2, 0.25) is 0 Å². The van der Waals surface area contributed by atoms with Gasteiger partial charge in [-0.25, -0.2) is 0 Å². The summed E-state index contributed by atoms with van der Waals surface area (Å²) in [4.78, 5) is 0. The third kappa shape index (κ3) is 2.61. The molecule has 1 heterocycles. The Morgan fingerprint density at radius 2 is 2.00 bits per heavy atom. The van der Waals surface area contributed by atoms with Crippen molar-refractivity contribution in [2.45, 2.75) is 18.6 Å². The summed E-state index contributed by atoms with van der Waals surface area (Å²) in [5, 5.41) is 8.68. The number of ether oxygens (including phenoxy) is 2. The maximum atomic E-state index is 8.68. The molecule has 0 aromatic rings. The Kier molecular flexibility index (Phi) is 3.56. The van der Waals surface area contributed by atoms with E-state index < -0.39 is 0 Å². The molecular formula is C8H14O3. The molecule has 1 saturated heterocycles. The third-order valence-corrected chi connectivity index (χ3v) is 1.67. The predicted octanol–water partition coefficient (Wildman–Crippen LogP) is 0.339. The van der Waals surface area contributed by atoms with Crippen LogP contribution in [0.15, 0.2) is 12.7 Å². The first-order valence-electron chi connectivity index (χ1n) is 3.81. The van der Waals surface area contributed by atoms with E-state index in [2.05, 4.69) is 6.58 Å². The summed E-state index contributed by atoms with van der Waals surface area (Å²) < 4.78 is 10.6. The van der Waals surface area contributed by atoms with E-state index in [9.17, 15) is 0 Å². The fourth-order valence-corrected chi connectivity index (χ4v) is 1.01. The van der Waals surface area contributed by atoms with Crippen LogP contribution in [-0.4, -0.2) is 37.1 Å². The second-order valence-corrected chi connectivity index (χ2v) is 2.62. The predicted molar refractivity (Wildman–Crippen MR) is 41.4 cm³/mol. The molecule has 0 saturated carbocycles. The average Bonchev–Trinajstić information content (AvgIpc) is 2.07. The second kappa shape index (κ2) is 4.49. The summed E-state index contributed by atoms with van der Waals surface area (Å²) in [7, 11) is 0. The van der Waals surface area contributed by atoms with Crippen LogP contribution >= 0.6 is 0 Å². The topological polar surface area (TPSA) is 38.7 Å². The molecule has 1 aliphatic rings. The van der Waals surface area contributed by atoms with Crippen molar-refractivity contribution >= 4 is 0 Å². The summed E-state index contributed by atoms with van der Waals surface area (Å²) in [5.41, 5.74) is 0. The quantitative estimate of drug-likeness (QED) is 0.602. The summed E-state index contributed by atoms with van der Waals surface area (Å²) in [6.45, 7) is 4.71. The Hall–Kier alpha value is -0.380. The molecule has 0 spiro atoms. The van der Waals surface area contributed by atoms with E-state index in [1.54, 1.807) is 0 Å². The van der Waals surface area contributed by atoms with Crippen molar-refractivity contribution in [1.29, 1.82) is 0 Å². The summed E-state index contributed by atoms with van der Waals surface area (Å²) in [6, 6.07) is 0. The van der Waals surface area contributed by atoms with Crippen molar-refractivity contribution in [3.8, 4) is 0 Å². The number of aliphatic hydroxyl groups excluding tert-OH is 1. The standard InChI is InChI=1S/C8H14O3/c1-2-3-7-5-11-8(4-9)6-10-7/h2,7-9H,1,3-6H2. The van der Waals surface area contributed by atoms with Crippen molar-refractivity contribution in [3.63, 3.8) is 0 Å². The molecule has 3 nitrogen and oxygen atoms in total. The van der Waals surface area contributed by atoms with Gasteiger partial charge in [-0.1, -0.05) is 6.08 Å². The largest absolute Gasteiger partial charge is 0.394 e. The Morgan fingerprint density at radius 1 is 1.36 bits per heavy atom. The minimum absolute atomic E-state index is 0.0425. The van der Waals surface area contributed by atoms with Gasteiger partial charge in [0.15, 0.2) is 0 Å². The molecule has 0 bridgehead atoms. The monoisotopic (exact) mass is 158 g/mol. The maximum absolute atomic E-state index is 8.68. The molecule has 2 unspecified atom stereocenters. The van der Waals surface area contributed by atoms with Crippen LogP contribution in [0.3, 0.4) is 0 Å². The molecule has 2 atom stereocenters. The molecule has 0 aromatic heterocycles. The van der Waals surface area contributed by atoms with Gasteiger partial charge in [0.25, 0.3) is 0 Å². The lowest BCUT2D eigenvalue weighted by molar-refractivity contribution is -0.143. The van der Waals surface area contributed by atoms with Crippen LogP contribution in [-0.2, 0) is 9.47 Å². The van der Waals surface area contributed by atoms with Crippen LogP contribution in [0, 0.1) is 0 Å². The van der Waals surface area contributed by atoms with Crippen molar-refractivity contribution in [1.82, 2.24) is 0 Å². The van der Waals surface area contributed by atoms with E-state index in [0.29, 0.717) is 13.2 Å². The fraction of sp³-hybridized carbons (Fsp3) is 0.750. The molecule has 1 rings (SSSR count). The number of rotatable bonds is 3. The van der Waals surface area contributed by atoms with Crippen LogP contribution in [0.1, 0.15) is 6.42 Å². The van der Waals surface area contributed by atoms with E-state index in [-0.39, 0.29) is 18.8 Å². The van der Waals surface area contributed by atoms with Crippen molar-refractivity contribution in [2.24, 2.45) is 0 Å². The Balaban J connectivity index is 2.18. The van der Waals surface area contributed by atoms with Gasteiger partial charge in [-0.3, -0.25) is 0 Å². The van der Waals surface area contributed by atoms with Crippen LogP contribution in [0.5, 0.6) is 0 Å². The highest BCUT2D eigenvalue weighted by Crippen LogP contribution is 2.09. The van der Waals surface area contributed by atoms with Crippen molar-refractivity contribution < 1.29 is 14.6 Å². The molecule has 3 heteroatoms. The molecule has 0 radical (unpaired) electrons. The molecule has 0 aliphatic carbocycles. The summed E-state index contributed by atoms with van der Waals surface area (Å²) in [5.74, 6) is 0. The van der Waals surface area contributed by atoms with Gasteiger partial charge in [0, 0.05) is 0 Å². The number of hydrogen-bond donors (Lipinski definition) is 1. The lowest BCUT2D eigenvalue weighted by Crippen LogP contribution is -2.37. The minimum atomic E-state index is -0.129. The Bertz CT molecular complexity index is 117. The van der Waals surface area contributed by atoms with Gasteiger partial charge in [-0.15, -0.1) is 6.58 Å². The van der Waals surface area contributed by atoms with Gasteiger partial charge in [-0.2, -0.15) is 0 Å². The maximum Gasteiger partial charge on any atom is 0.104 e. The van der Waals surface area contributed by atoms with Crippen LogP contribution < -0.4 is 0 Å². The Labute approximate surface area is 66.6 Å². The average molecular weight is 158 g/mol. The molecule has 11 heavy (non-hydrogen) atoms. The molecule has 0 aromatic carbocycles. The zero-order chi connectivity index (χ0) is 8.10. The molecule has 1 aliphatic heterocycles. The van der Waals surface area contributed by atoms with Gasteiger partial charge >= 0.3 is 0 Å². The van der Waals surface area contributed by atoms with Crippen molar-refractivity contribution in [2.75, 3.05) is 19.8 Å². The molecular weight excluding hydrogens is 144 g/mol. The van der Waals surface area contributed by atoms with E-state index in [1.165, 1.54) is 0 Å². The van der Waals surface area contributed by atoms with E-state index in [4.69, 9.17) is 14.6 Å². The molecule has 0 amide bonds. The molecule has 1 N–H and O–H groups in total. The van der Waals surface area contributed by atoms with Gasteiger partial charge in [0.2, 0.25) is 0 Å². The van der Waals surface area contributed by atoms with Gasteiger partial charge < -0.3 is 14.6 Å². The number of aliphatic hydroxyl groups is 1. The van der Waals surface area contributed by atoms with E-state index in [0.717, 1.165) is 6.42 Å². The Morgan fingerprint density at radius 3 is 2.45 bits per heavy atom. The smallest absolute Gasteiger partial charge is 0.104 e. The van der Waals surface area contributed by atoms with E-state index in [1.807, 2.05) is 6.08 Å². The van der Waals surface area contributed by atoms with E-state index >= 15 is 0 Å². The second-order valence-electron chi connectivity index (χ2n) is 2.62. The third-order valence-electron chi connectivity index (χ3n) is 1.67. The lowest BCUT2D eigenvalue weighted by Gasteiger charge is -2.27. The first-order valence-corrected chi connectivity index (χ1v) is 3.81. The zero-order valence-electron chi connectivity index (χ0n) is 6.53. The van der Waals surface area contributed by atoms with Gasteiger partial charge in [-0.05, 0) is 6.42 Å². The van der Waals surface area contributed by atoms with Crippen LogP contribution in [0.25, 0.3) is 0 Å². The highest BCUT2D eigenvalue weighted by atomic mass is 16.6. The minimum Gasteiger partial charge on any atom is -0.394 e. The van der Waals surface area contributed by atoms with Crippen LogP contribution in [0.4, 0.5) is 0 Å². The SMILES string of the molecule is C=CCC1COC(CO)CO1. The first kappa shape index (κ1) is 8.71. The fourth-order valence-electron chi connectivity index (χ4n) is 1.01. The van der Waals surface area contributed by atoms with Crippen molar-refractivity contribution in [3.05, 3.63) is 12.7 Å². The summed E-state index contributed by atoms with van der Waals surface area (Å²) >= 11 is 0. The number of hydrogen-bond acceptors (Lipinski definition) is 3. The highest BCUT2D eigenvalue weighted by Gasteiger charge is 2.19. The molecule has 1 fully saturated rings. The lowest BCUT2D eigenvalue weighted by atomic mass is 10.2. The van der Waals surface area contributed by atoms with Gasteiger partial charge in [0.1, 0.15) is 6.10 Å². The van der Waals surface area contributed by atoms with Gasteiger partial charge in [0.05, 0.1) is 25.9 Å². The zero-order valence-corrected chi connectivity index (χ0v) is 6.53.